The molecule has 0 bridgehead atoms. The first kappa shape index (κ1) is 17.5. The van der Waals surface area contributed by atoms with E-state index in [-0.39, 0.29) is 29.6 Å². The van der Waals surface area contributed by atoms with Crippen LogP contribution in [0.1, 0.15) is 40.0 Å². The normalized spacial score (nSPS) is 12.4. The summed E-state index contributed by atoms with van der Waals surface area (Å²) in [6.07, 6.45) is 3.28. The molecule has 0 spiro atoms. The van der Waals surface area contributed by atoms with Crippen molar-refractivity contribution in [3.8, 4) is 0 Å². The number of rotatable bonds is 8. The van der Waals surface area contributed by atoms with Crippen molar-refractivity contribution >= 4 is 29.6 Å². The van der Waals surface area contributed by atoms with E-state index in [9.17, 15) is 4.79 Å². The van der Waals surface area contributed by atoms with E-state index >= 15 is 0 Å². The van der Waals surface area contributed by atoms with Crippen LogP contribution in [0.15, 0.2) is 5.16 Å². The largest absolute Gasteiger partial charge is 0.368 e. The van der Waals surface area contributed by atoms with Gasteiger partial charge in [-0.3, -0.25) is 4.79 Å². The number of nitrogens with one attached hydrogen (secondary N) is 1. The van der Waals surface area contributed by atoms with Gasteiger partial charge in [0.15, 0.2) is 5.16 Å². The lowest BCUT2D eigenvalue weighted by molar-refractivity contribution is -0.119. The number of nitrogens with two attached hydrogens (primary N) is 2. The molecule has 0 aliphatic rings. The first-order valence-corrected chi connectivity index (χ1v) is 8.04. The third-order valence-electron chi connectivity index (χ3n) is 2.81. The van der Waals surface area contributed by atoms with E-state index in [0.29, 0.717) is 11.1 Å². The molecule has 0 aromatic carbocycles. The Bertz CT molecular complexity index is 448. The number of anilines is 2. The van der Waals surface area contributed by atoms with Crippen molar-refractivity contribution in [2.24, 2.45) is 5.92 Å². The Hall–Kier alpha value is -1.57. The van der Waals surface area contributed by atoms with Crippen LogP contribution in [0.5, 0.6) is 0 Å². The van der Waals surface area contributed by atoms with Crippen LogP contribution in [0.4, 0.5) is 11.9 Å². The lowest BCUT2D eigenvalue weighted by atomic mass is 10.0. The van der Waals surface area contributed by atoms with Gasteiger partial charge in [-0.25, -0.2) is 0 Å². The third-order valence-corrected chi connectivity index (χ3v) is 3.66. The zero-order chi connectivity index (χ0) is 15.8. The van der Waals surface area contributed by atoms with Crippen molar-refractivity contribution in [1.29, 1.82) is 0 Å². The number of nitrogens with zero attached hydrogens (tertiary/aromatic N) is 3. The van der Waals surface area contributed by atoms with Gasteiger partial charge in [-0.05, 0) is 19.3 Å². The minimum Gasteiger partial charge on any atom is -0.368 e. The highest BCUT2D eigenvalue weighted by Crippen LogP contribution is 2.14. The number of amides is 1. The molecule has 0 saturated carbocycles. The van der Waals surface area contributed by atoms with Crippen LogP contribution in [0.2, 0.25) is 0 Å². The van der Waals surface area contributed by atoms with Crippen LogP contribution in [0, 0.1) is 5.92 Å². The molecule has 21 heavy (non-hydrogen) atoms. The zero-order valence-electron chi connectivity index (χ0n) is 12.8. The molecule has 8 heteroatoms. The quantitative estimate of drug-likeness (QED) is 0.621. The summed E-state index contributed by atoms with van der Waals surface area (Å²) in [7, 11) is 0. The highest BCUT2D eigenvalue weighted by Gasteiger charge is 2.10. The second-order valence-corrected chi connectivity index (χ2v) is 6.36. The molecule has 1 atom stereocenters. The highest BCUT2D eigenvalue weighted by molar-refractivity contribution is 7.99. The Morgan fingerprint density at radius 1 is 1.14 bits per heavy atom. The van der Waals surface area contributed by atoms with Crippen molar-refractivity contribution < 1.29 is 4.79 Å². The molecule has 0 radical (unpaired) electrons. The maximum absolute atomic E-state index is 11.8. The van der Waals surface area contributed by atoms with Gasteiger partial charge in [0.25, 0.3) is 0 Å². The predicted molar refractivity (Wildman–Crippen MR) is 85.7 cm³/mol. The van der Waals surface area contributed by atoms with Crippen LogP contribution in [-0.4, -0.2) is 32.7 Å². The van der Waals surface area contributed by atoms with Crippen molar-refractivity contribution in [2.75, 3.05) is 17.2 Å². The topological polar surface area (TPSA) is 120 Å². The first-order valence-electron chi connectivity index (χ1n) is 7.06. The number of carbonyl (C=O) groups excluding carboxylic acids is 1. The lowest BCUT2D eigenvalue weighted by Gasteiger charge is -2.14. The summed E-state index contributed by atoms with van der Waals surface area (Å²) >= 11 is 1.19. The highest BCUT2D eigenvalue weighted by atomic mass is 32.2. The van der Waals surface area contributed by atoms with E-state index < -0.39 is 0 Å². The summed E-state index contributed by atoms with van der Waals surface area (Å²) in [5.74, 6) is 1.01. The van der Waals surface area contributed by atoms with Gasteiger partial charge in [-0.2, -0.15) is 15.0 Å². The first-order chi connectivity index (χ1) is 9.86. The van der Waals surface area contributed by atoms with E-state index in [4.69, 9.17) is 11.5 Å². The average molecular weight is 312 g/mol. The molecule has 0 fully saturated rings. The fourth-order valence-electron chi connectivity index (χ4n) is 1.80. The number of nitrogen functional groups attached to an aromatic ring is 2. The predicted octanol–water partition coefficient (Wildman–Crippen LogP) is 1.46. The zero-order valence-corrected chi connectivity index (χ0v) is 13.6. The molecule has 0 aliphatic heterocycles. The molecule has 1 aromatic heterocycles. The summed E-state index contributed by atoms with van der Waals surface area (Å²) in [6.45, 7) is 6.42. The maximum Gasteiger partial charge on any atom is 0.230 e. The molecule has 5 N–H and O–H groups in total. The minimum atomic E-state index is -0.0467. The van der Waals surface area contributed by atoms with E-state index in [1.165, 1.54) is 18.2 Å². The van der Waals surface area contributed by atoms with Gasteiger partial charge in [0.2, 0.25) is 17.8 Å². The SMILES string of the molecule is CC(C)CCC[C@H](C)NC(=O)CSc1nc(N)nc(N)n1. The fraction of sp³-hybridized carbons (Fsp3) is 0.692. The molecule has 0 saturated heterocycles. The number of carbonyl (C=O) groups is 1. The Labute approximate surface area is 129 Å². The average Bonchev–Trinajstić information content (AvgIpc) is 2.34. The van der Waals surface area contributed by atoms with E-state index in [2.05, 4.69) is 34.1 Å². The van der Waals surface area contributed by atoms with E-state index in [0.717, 1.165) is 12.8 Å². The summed E-state index contributed by atoms with van der Waals surface area (Å²) in [5.41, 5.74) is 10.9. The molecule has 7 nitrogen and oxygen atoms in total. The van der Waals surface area contributed by atoms with Gasteiger partial charge < -0.3 is 16.8 Å². The summed E-state index contributed by atoms with van der Waals surface area (Å²) < 4.78 is 0. The molecular weight excluding hydrogens is 288 g/mol. The van der Waals surface area contributed by atoms with Crippen LogP contribution >= 0.6 is 11.8 Å². The van der Waals surface area contributed by atoms with Gasteiger partial charge in [0.1, 0.15) is 0 Å². The molecular formula is C13H24N6OS. The Morgan fingerprint density at radius 3 is 2.33 bits per heavy atom. The van der Waals surface area contributed by atoms with Crippen LogP contribution in [0.3, 0.4) is 0 Å². The molecule has 0 aliphatic carbocycles. The number of hydrogen-bond donors (Lipinski definition) is 3. The van der Waals surface area contributed by atoms with Crippen LogP contribution in [-0.2, 0) is 4.79 Å². The van der Waals surface area contributed by atoms with Gasteiger partial charge in [-0.15, -0.1) is 0 Å². The second kappa shape index (κ2) is 8.66. The fourth-order valence-corrected chi connectivity index (χ4v) is 2.46. The number of hydrogen-bond acceptors (Lipinski definition) is 7. The van der Waals surface area contributed by atoms with E-state index in [1.807, 2.05) is 6.92 Å². The van der Waals surface area contributed by atoms with Crippen molar-refractivity contribution in [3.05, 3.63) is 0 Å². The molecule has 1 heterocycles. The van der Waals surface area contributed by atoms with Gasteiger partial charge >= 0.3 is 0 Å². The maximum atomic E-state index is 11.8. The van der Waals surface area contributed by atoms with Gasteiger partial charge in [0.05, 0.1) is 5.75 Å². The second-order valence-electron chi connectivity index (χ2n) is 5.42. The summed E-state index contributed by atoms with van der Waals surface area (Å²) in [5, 5.41) is 3.32. The van der Waals surface area contributed by atoms with Crippen molar-refractivity contribution in [3.63, 3.8) is 0 Å². The monoisotopic (exact) mass is 312 g/mol. The van der Waals surface area contributed by atoms with E-state index in [1.54, 1.807) is 0 Å². The van der Waals surface area contributed by atoms with Crippen LogP contribution in [0.25, 0.3) is 0 Å². The van der Waals surface area contributed by atoms with Gasteiger partial charge in [-0.1, -0.05) is 38.5 Å². The standard InChI is InChI=1S/C13H24N6OS/c1-8(2)5-4-6-9(3)16-10(20)7-21-13-18-11(14)17-12(15)19-13/h8-9H,4-7H2,1-3H3,(H,16,20)(H4,14,15,17,18,19)/t9-/m0/s1. The molecule has 1 amide bonds. The number of thioether (sulfide) groups is 1. The van der Waals surface area contributed by atoms with Crippen LogP contribution < -0.4 is 16.8 Å². The Kier molecular flexibility index (Phi) is 7.21. The molecule has 1 rings (SSSR count). The molecule has 0 unspecified atom stereocenters. The number of aromatic nitrogens is 3. The smallest absolute Gasteiger partial charge is 0.230 e. The van der Waals surface area contributed by atoms with Crippen molar-refractivity contribution in [1.82, 2.24) is 20.3 Å². The van der Waals surface area contributed by atoms with Crippen molar-refractivity contribution in [2.45, 2.75) is 51.2 Å². The van der Waals surface area contributed by atoms with Gasteiger partial charge in [0, 0.05) is 6.04 Å². The Morgan fingerprint density at radius 2 is 1.76 bits per heavy atom. The summed E-state index contributed by atoms with van der Waals surface area (Å²) in [6, 6.07) is 0.172. The summed E-state index contributed by atoms with van der Waals surface area (Å²) in [4.78, 5) is 23.3. The molecule has 118 valence electrons. The third kappa shape index (κ3) is 7.69. The minimum absolute atomic E-state index is 0.0467. The lowest BCUT2D eigenvalue weighted by Crippen LogP contribution is -2.33. The Balaban J connectivity index is 2.30. The molecule has 1 aromatic rings.